The summed E-state index contributed by atoms with van der Waals surface area (Å²) in [5, 5.41) is 3.29. The summed E-state index contributed by atoms with van der Waals surface area (Å²) < 4.78 is 27.9. The fraction of sp³-hybridized carbons (Fsp3) is 0.667. The molecule has 108 valence electrons. The number of nitrogens with one attached hydrogen (secondary N) is 2. The highest BCUT2D eigenvalue weighted by Gasteiger charge is 2.27. The van der Waals surface area contributed by atoms with E-state index in [1.54, 1.807) is 6.07 Å². The Morgan fingerprint density at radius 3 is 2.68 bits per heavy atom. The van der Waals surface area contributed by atoms with Gasteiger partial charge in [0.15, 0.2) is 0 Å². The number of hydrogen-bond donors (Lipinski definition) is 2. The third kappa shape index (κ3) is 4.01. The molecule has 1 aliphatic carbocycles. The molecule has 19 heavy (non-hydrogen) atoms. The van der Waals surface area contributed by atoms with Gasteiger partial charge in [-0.2, -0.15) is 0 Å². The molecule has 0 bridgehead atoms. The van der Waals surface area contributed by atoms with Crippen LogP contribution in [0.5, 0.6) is 0 Å². The summed E-state index contributed by atoms with van der Waals surface area (Å²) in [6.07, 6.45) is 3.01. The highest BCUT2D eigenvalue weighted by molar-refractivity contribution is 9.11. The van der Waals surface area contributed by atoms with Crippen molar-refractivity contribution in [3.05, 3.63) is 14.7 Å². The van der Waals surface area contributed by atoms with Crippen molar-refractivity contribution in [2.24, 2.45) is 0 Å². The molecule has 0 atom stereocenters. The van der Waals surface area contributed by atoms with Crippen molar-refractivity contribution in [3.8, 4) is 0 Å². The van der Waals surface area contributed by atoms with Gasteiger partial charge in [-0.1, -0.05) is 20.3 Å². The largest absolute Gasteiger partial charge is 0.310 e. The fourth-order valence-electron chi connectivity index (χ4n) is 1.78. The second-order valence-electron chi connectivity index (χ2n) is 5.14. The maximum atomic E-state index is 12.3. The van der Waals surface area contributed by atoms with Crippen molar-refractivity contribution >= 4 is 37.3 Å². The minimum absolute atomic E-state index is 0.119. The Bertz CT molecular complexity index is 536. The molecule has 0 aromatic carbocycles. The molecule has 0 aliphatic heterocycles. The summed E-state index contributed by atoms with van der Waals surface area (Å²) in [6, 6.07) is 2.26. The SMILES string of the molecule is CC(C)NCc1cc(S(=O)(=O)NC2CCC2)c(Br)s1. The summed E-state index contributed by atoms with van der Waals surface area (Å²) in [5.74, 6) is 0. The molecule has 0 radical (unpaired) electrons. The standard InChI is InChI=1S/C12H19BrN2O2S2/c1-8(2)14-7-10-6-11(12(13)18-10)19(16,17)15-9-4-3-5-9/h6,8-9,14-15H,3-5,7H2,1-2H3. The topological polar surface area (TPSA) is 58.2 Å². The van der Waals surface area contributed by atoms with Crippen LogP contribution in [0.1, 0.15) is 38.0 Å². The van der Waals surface area contributed by atoms with Gasteiger partial charge in [-0.15, -0.1) is 11.3 Å². The first-order valence-corrected chi connectivity index (χ1v) is 9.51. The second-order valence-corrected chi connectivity index (χ2v) is 9.27. The highest BCUT2D eigenvalue weighted by Crippen LogP contribution is 2.32. The molecule has 4 nitrogen and oxygen atoms in total. The van der Waals surface area contributed by atoms with Crippen LogP contribution >= 0.6 is 27.3 Å². The quantitative estimate of drug-likeness (QED) is 0.813. The van der Waals surface area contributed by atoms with Crippen molar-refractivity contribution in [3.63, 3.8) is 0 Å². The molecule has 0 saturated heterocycles. The molecule has 1 heterocycles. The molecule has 0 unspecified atom stereocenters. The zero-order chi connectivity index (χ0) is 14.0. The summed E-state index contributed by atoms with van der Waals surface area (Å²) in [6.45, 7) is 4.83. The third-order valence-corrected chi connectivity index (χ3v) is 6.88. The monoisotopic (exact) mass is 366 g/mol. The number of halogens is 1. The molecule has 2 rings (SSSR count). The van der Waals surface area contributed by atoms with Crippen LogP contribution in [0, 0.1) is 0 Å². The van der Waals surface area contributed by atoms with Crippen LogP contribution < -0.4 is 10.0 Å². The lowest BCUT2D eigenvalue weighted by Crippen LogP contribution is -2.39. The van der Waals surface area contributed by atoms with Gasteiger partial charge in [0.05, 0.1) is 3.79 Å². The Morgan fingerprint density at radius 2 is 2.16 bits per heavy atom. The highest BCUT2D eigenvalue weighted by atomic mass is 79.9. The van der Waals surface area contributed by atoms with Gasteiger partial charge in [-0.05, 0) is 34.8 Å². The van der Waals surface area contributed by atoms with E-state index in [0.29, 0.717) is 21.3 Å². The first kappa shape index (κ1) is 15.4. The van der Waals surface area contributed by atoms with Gasteiger partial charge < -0.3 is 5.32 Å². The molecule has 1 saturated carbocycles. The van der Waals surface area contributed by atoms with E-state index in [-0.39, 0.29) is 6.04 Å². The van der Waals surface area contributed by atoms with Gasteiger partial charge in [0.1, 0.15) is 4.90 Å². The van der Waals surface area contributed by atoms with Crippen molar-refractivity contribution in [1.82, 2.24) is 10.0 Å². The minimum Gasteiger partial charge on any atom is -0.310 e. The van der Waals surface area contributed by atoms with E-state index >= 15 is 0 Å². The van der Waals surface area contributed by atoms with E-state index in [1.807, 2.05) is 0 Å². The molecule has 7 heteroatoms. The number of hydrogen-bond acceptors (Lipinski definition) is 4. The normalized spacial score (nSPS) is 16.8. The van der Waals surface area contributed by atoms with E-state index in [4.69, 9.17) is 0 Å². The Morgan fingerprint density at radius 1 is 1.47 bits per heavy atom. The van der Waals surface area contributed by atoms with E-state index in [0.717, 1.165) is 24.1 Å². The van der Waals surface area contributed by atoms with Crippen LogP contribution in [0.2, 0.25) is 0 Å². The Balaban J connectivity index is 2.10. The third-order valence-electron chi connectivity index (χ3n) is 3.11. The van der Waals surface area contributed by atoms with E-state index in [2.05, 4.69) is 39.8 Å². The van der Waals surface area contributed by atoms with Crippen LogP contribution in [0.4, 0.5) is 0 Å². The first-order chi connectivity index (χ1) is 8.88. The molecule has 1 fully saturated rings. The molecule has 0 amide bonds. The zero-order valence-corrected chi connectivity index (χ0v) is 14.3. The molecule has 1 aromatic rings. The number of rotatable bonds is 6. The smallest absolute Gasteiger partial charge is 0.242 e. The lowest BCUT2D eigenvalue weighted by atomic mass is 9.94. The van der Waals surface area contributed by atoms with E-state index in [9.17, 15) is 8.42 Å². The van der Waals surface area contributed by atoms with Gasteiger partial charge in [0, 0.05) is 23.5 Å². The summed E-state index contributed by atoms with van der Waals surface area (Å²) in [4.78, 5) is 1.39. The average molecular weight is 367 g/mol. The Hall–Kier alpha value is 0.0500. The van der Waals surface area contributed by atoms with Crippen LogP contribution in [0.25, 0.3) is 0 Å². The van der Waals surface area contributed by atoms with Crippen LogP contribution in [-0.4, -0.2) is 20.5 Å². The maximum absolute atomic E-state index is 12.3. The fourth-order valence-corrected chi connectivity index (χ4v) is 5.72. The van der Waals surface area contributed by atoms with Gasteiger partial charge in [0.2, 0.25) is 10.0 Å². The van der Waals surface area contributed by atoms with Gasteiger partial charge in [0.25, 0.3) is 0 Å². The lowest BCUT2D eigenvalue weighted by Gasteiger charge is -2.25. The second kappa shape index (κ2) is 6.22. The number of sulfonamides is 1. The molecule has 0 spiro atoms. The number of thiophene rings is 1. The van der Waals surface area contributed by atoms with E-state index < -0.39 is 10.0 Å². The van der Waals surface area contributed by atoms with Crippen molar-refractivity contribution in [1.29, 1.82) is 0 Å². The van der Waals surface area contributed by atoms with E-state index in [1.165, 1.54) is 11.3 Å². The average Bonchev–Trinajstić information content (AvgIpc) is 2.63. The first-order valence-electron chi connectivity index (χ1n) is 6.42. The summed E-state index contributed by atoms with van der Waals surface area (Å²) in [5.41, 5.74) is 0. The predicted molar refractivity (Wildman–Crippen MR) is 82.0 cm³/mol. The molecular formula is C12H19BrN2O2S2. The molecular weight excluding hydrogens is 348 g/mol. The molecule has 1 aliphatic rings. The van der Waals surface area contributed by atoms with Gasteiger partial charge in [-0.25, -0.2) is 13.1 Å². The molecule has 2 N–H and O–H groups in total. The lowest BCUT2D eigenvalue weighted by molar-refractivity contribution is 0.383. The maximum Gasteiger partial charge on any atom is 0.242 e. The summed E-state index contributed by atoms with van der Waals surface area (Å²) in [7, 11) is -3.38. The van der Waals surface area contributed by atoms with Crippen molar-refractivity contribution < 1.29 is 8.42 Å². The Kier molecular flexibility index (Phi) is 5.05. The predicted octanol–water partition coefficient (Wildman–Crippen LogP) is 2.84. The summed E-state index contributed by atoms with van der Waals surface area (Å²) >= 11 is 4.83. The van der Waals surface area contributed by atoms with Crippen molar-refractivity contribution in [2.45, 2.75) is 56.6 Å². The van der Waals surface area contributed by atoms with Crippen LogP contribution in [-0.2, 0) is 16.6 Å². The van der Waals surface area contributed by atoms with Crippen LogP contribution in [0.15, 0.2) is 14.7 Å². The molecule has 1 aromatic heterocycles. The van der Waals surface area contributed by atoms with Crippen LogP contribution in [0.3, 0.4) is 0 Å². The minimum atomic E-state index is -3.38. The van der Waals surface area contributed by atoms with Gasteiger partial charge in [-0.3, -0.25) is 0 Å². The Labute approximate surface area is 127 Å². The van der Waals surface area contributed by atoms with Crippen molar-refractivity contribution in [2.75, 3.05) is 0 Å². The zero-order valence-electron chi connectivity index (χ0n) is 11.1. The van der Waals surface area contributed by atoms with Gasteiger partial charge >= 0.3 is 0 Å².